The third-order valence-corrected chi connectivity index (χ3v) is 3.70. The summed E-state index contributed by atoms with van der Waals surface area (Å²) < 4.78 is 0. The van der Waals surface area contributed by atoms with Gasteiger partial charge in [-0.15, -0.1) is 0 Å². The third-order valence-electron chi connectivity index (χ3n) is 3.70. The van der Waals surface area contributed by atoms with E-state index in [9.17, 15) is 14.7 Å². The molecule has 0 fully saturated rings. The Morgan fingerprint density at radius 1 is 1.40 bits per heavy atom. The van der Waals surface area contributed by atoms with Crippen molar-refractivity contribution in [2.45, 2.75) is 40.7 Å². The molecule has 1 atom stereocenters. The molecule has 0 aromatic carbocycles. The van der Waals surface area contributed by atoms with E-state index in [2.05, 4.69) is 10.3 Å². The Morgan fingerprint density at radius 3 is 2.55 bits per heavy atom. The lowest BCUT2D eigenvalue weighted by Crippen LogP contribution is -2.39. The van der Waals surface area contributed by atoms with Gasteiger partial charge in [-0.05, 0) is 31.9 Å². The molecule has 0 saturated heterocycles. The SMILES string of the molecule is Cc1cccc(CNC(=O)CC(C)(C(=O)O)C(C)C)n1. The molecule has 1 amide bonds. The van der Waals surface area contributed by atoms with E-state index in [1.807, 2.05) is 39.0 Å². The van der Waals surface area contributed by atoms with Crippen LogP contribution in [0.15, 0.2) is 18.2 Å². The first-order valence-electron chi connectivity index (χ1n) is 6.68. The third kappa shape index (κ3) is 4.05. The molecule has 110 valence electrons. The summed E-state index contributed by atoms with van der Waals surface area (Å²) in [4.78, 5) is 27.5. The van der Waals surface area contributed by atoms with Gasteiger partial charge in [-0.25, -0.2) is 0 Å². The second-order valence-electron chi connectivity index (χ2n) is 5.60. The van der Waals surface area contributed by atoms with Crippen LogP contribution in [0.3, 0.4) is 0 Å². The number of nitrogens with zero attached hydrogens (tertiary/aromatic N) is 1. The van der Waals surface area contributed by atoms with Crippen LogP contribution in [0.4, 0.5) is 0 Å². The molecular weight excluding hydrogens is 256 g/mol. The zero-order valence-electron chi connectivity index (χ0n) is 12.4. The molecule has 0 spiro atoms. The van der Waals surface area contributed by atoms with Crippen LogP contribution in [0.25, 0.3) is 0 Å². The first-order chi connectivity index (χ1) is 9.25. The van der Waals surface area contributed by atoms with Crippen molar-refractivity contribution in [2.75, 3.05) is 0 Å². The van der Waals surface area contributed by atoms with Crippen molar-refractivity contribution in [3.05, 3.63) is 29.6 Å². The number of aromatic nitrogens is 1. The van der Waals surface area contributed by atoms with E-state index in [1.54, 1.807) is 6.92 Å². The molecule has 0 aliphatic rings. The van der Waals surface area contributed by atoms with Crippen molar-refractivity contribution >= 4 is 11.9 Å². The maximum absolute atomic E-state index is 11.9. The Morgan fingerprint density at radius 2 is 2.05 bits per heavy atom. The van der Waals surface area contributed by atoms with Gasteiger partial charge in [0.2, 0.25) is 5.91 Å². The monoisotopic (exact) mass is 278 g/mol. The number of amides is 1. The number of pyridine rings is 1. The van der Waals surface area contributed by atoms with E-state index in [0.29, 0.717) is 6.54 Å². The van der Waals surface area contributed by atoms with Crippen molar-refractivity contribution in [2.24, 2.45) is 11.3 Å². The number of carbonyl (C=O) groups excluding carboxylic acids is 1. The molecular formula is C15H22N2O3. The van der Waals surface area contributed by atoms with Crippen molar-refractivity contribution < 1.29 is 14.7 Å². The van der Waals surface area contributed by atoms with E-state index < -0.39 is 11.4 Å². The normalized spacial score (nSPS) is 13.8. The summed E-state index contributed by atoms with van der Waals surface area (Å²) in [6.07, 6.45) is -0.0359. The quantitative estimate of drug-likeness (QED) is 0.835. The number of carbonyl (C=O) groups is 2. The van der Waals surface area contributed by atoms with Gasteiger partial charge in [-0.3, -0.25) is 14.6 Å². The smallest absolute Gasteiger partial charge is 0.310 e. The summed E-state index contributed by atoms with van der Waals surface area (Å²) in [5, 5.41) is 12.0. The second kappa shape index (κ2) is 6.50. The first-order valence-corrected chi connectivity index (χ1v) is 6.68. The van der Waals surface area contributed by atoms with Crippen molar-refractivity contribution in [3.63, 3.8) is 0 Å². The molecule has 0 radical (unpaired) electrons. The van der Waals surface area contributed by atoms with Gasteiger partial charge < -0.3 is 10.4 Å². The Kier molecular flexibility index (Phi) is 5.25. The number of hydrogen-bond donors (Lipinski definition) is 2. The molecule has 1 rings (SSSR count). The second-order valence-corrected chi connectivity index (χ2v) is 5.60. The fourth-order valence-corrected chi connectivity index (χ4v) is 1.81. The molecule has 0 bridgehead atoms. The summed E-state index contributed by atoms with van der Waals surface area (Å²) in [6.45, 7) is 7.41. The minimum absolute atomic E-state index is 0.0359. The number of rotatable bonds is 6. The molecule has 0 aliphatic carbocycles. The van der Waals surface area contributed by atoms with Crippen LogP contribution in [0.2, 0.25) is 0 Å². The lowest BCUT2D eigenvalue weighted by atomic mass is 9.76. The molecule has 5 nitrogen and oxygen atoms in total. The van der Waals surface area contributed by atoms with Crippen LogP contribution >= 0.6 is 0 Å². The summed E-state index contributed by atoms with van der Waals surface area (Å²) in [5.74, 6) is -1.34. The maximum Gasteiger partial charge on any atom is 0.310 e. The zero-order chi connectivity index (χ0) is 15.3. The predicted molar refractivity (Wildman–Crippen MR) is 76.0 cm³/mol. The van der Waals surface area contributed by atoms with E-state index in [1.165, 1.54) is 0 Å². The minimum Gasteiger partial charge on any atom is -0.481 e. The minimum atomic E-state index is -1.05. The van der Waals surface area contributed by atoms with Crippen LogP contribution in [0.1, 0.15) is 38.6 Å². The number of hydrogen-bond acceptors (Lipinski definition) is 3. The fraction of sp³-hybridized carbons (Fsp3) is 0.533. The Balaban J connectivity index is 2.61. The lowest BCUT2D eigenvalue weighted by Gasteiger charge is -2.28. The molecule has 1 aromatic heterocycles. The van der Waals surface area contributed by atoms with Crippen LogP contribution in [0.5, 0.6) is 0 Å². The largest absolute Gasteiger partial charge is 0.481 e. The Hall–Kier alpha value is -1.91. The van der Waals surface area contributed by atoms with Crippen molar-refractivity contribution in [1.82, 2.24) is 10.3 Å². The summed E-state index contributed by atoms with van der Waals surface area (Å²) in [5.41, 5.74) is 0.596. The summed E-state index contributed by atoms with van der Waals surface area (Å²) in [7, 11) is 0. The fourth-order valence-electron chi connectivity index (χ4n) is 1.81. The zero-order valence-corrected chi connectivity index (χ0v) is 12.4. The van der Waals surface area contributed by atoms with Gasteiger partial charge in [0.05, 0.1) is 17.7 Å². The lowest BCUT2D eigenvalue weighted by molar-refractivity contribution is -0.153. The Bertz CT molecular complexity index is 500. The molecule has 0 saturated carbocycles. The van der Waals surface area contributed by atoms with Gasteiger partial charge >= 0.3 is 5.97 Å². The highest BCUT2D eigenvalue weighted by molar-refractivity contribution is 5.84. The molecule has 1 unspecified atom stereocenters. The molecule has 2 N–H and O–H groups in total. The summed E-state index contributed by atoms with van der Waals surface area (Å²) in [6, 6.07) is 5.58. The number of nitrogens with one attached hydrogen (secondary N) is 1. The topological polar surface area (TPSA) is 79.3 Å². The van der Waals surface area contributed by atoms with Gasteiger partial charge in [-0.1, -0.05) is 19.9 Å². The van der Waals surface area contributed by atoms with E-state index in [0.717, 1.165) is 11.4 Å². The standard InChI is InChI=1S/C15H22N2O3/c1-10(2)15(4,14(19)20)8-13(18)16-9-12-7-5-6-11(3)17-12/h5-7,10H,8-9H2,1-4H3,(H,16,18)(H,19,20). The van der Waals surface area contributed by atoms with Crippen LogP contribution in [0, 0.1) is 18.3 Å². The van der Waals surface area contributed by atoms with Gasteiger partial charge in [-0.2, -0.15) is 0 Å². The molecule has 1 aromatic rings. The highest BCUT2D eigenvalue weighted by Gasteiger charge is 2.38. The van der Waals surface area contributed by atoms with Crippen LogP contribution < -0.4 is 5.32 Å². The van der Waals surface area contributed by atoms with E-state index in [-0.39, 0.29) is 18.2 Å². The van der Waals surface area contributed by atoms with E-state index >= 15 is 0 Å². The molecule has 5 heteroatoms. The first kappa shape index (κ1) is 16.1. The molecule has 1 heterocycles. The van der Waals surface area contributed by atoms with Crippen LogP contribution in [-0.2, 0) is 16.1 Å². The number of carboxylic acids is 1. The predicted octanol–water partition coefficient (Wildman–Crippen LogP) is 2.14. The van der Waals surface area contributed by atoms with Gasteiger partial charge in [0.1, 0.15) is 0 Å². The highest BCUT2D eigenvalue weighted by atomic mass is 16.4. The molecule has 0 aliphatic heterocycles. The van der Waals surface area contributed by atoms with Gasteiger partial charge in [0.25, 0.3) is 0 Å². The average molecular weight is 278 g/mol. The number of carboxylic acid groups (broad SMARTS) is 1. The van der Waals surface area contributed by atoms with Crippen LogP contribution in [-0.4, -0.2) is 22.0 Å². The average Bonchev–Trinajstić information content (AvgIpc) is 2.36. The summed E-state index contributed by atoms with van der Waals surface area (Å²) >= 11 is 0. The van der Waals surface area contributed by atoms with E-state index in [4.69, 9.17) is 0 Å². The Labute approximate surface area is 119 Å². The maximum atomic E-state index is 11.9. The highest BCUT2D eigenvalue weighted by Crippen LogP contribution is 2.31. The van der Waals surface area contributed by atoms with Gasteiger partial charge in [0, 0.05) is 12.1 Å². The van der Waals surface area contributed by atoms with Gasteiger partial charge in [0.15, 0.2) is 0 Å². The molecule has 20 heavy (non-hydrogen) atoms. The van der Waals surface area contributed by atoms with Crippen molar-refractivity contribution in [3.8, 4) is 0 Å². The number of aryl methyl sites for hydroxylation is 1. The van der Waals surface area contributed by atoms with Crippen molar-refractivity contribution in [1.29, 1.82) is 0 Å². The number of aliphatic carboxylic acids is 1.